The number of fused-ring (bicyclic) bond motifs is 1. The van der Waals surface area contributed by atoms with Gasteiger partial charge in [-0.25, -0.2) is 0 Å². The van der Waals surface area contributed by atoms with Gasteiger partial charge in [0.25, 0.3) is 0 Å². The topological polar surface area (TPSA) is 50.8 Å². The minimum absolute atomic E-state index is 0.167. The van der Waals surface area contributed by atoms with Crippen LogP contribution in [-0.2, 0) is 0 Å². The second-order valence-corrected chi connectivity index (χ2v) is 5.19. The molecule has 3 rings (SSSR count). The maximum absolute atomic E-state index is 12.2. The zero-order chi connectivity index (χ0) is 13.8. The van der Waals surface area contributed by atoms with Gasteiger partial charge in [0.2, 0.25) is 6.79 Å². The third kappa shape index (κ3) is 3.11. The van der Waals surface area contributed by atoms with E-state index in [0.717, 1.165) is 44.9 Å². The Kier molecular flexibility index (Phi) is 4.18. The molecular weight excluding hydrogens is 256 g/mol. The summed E-state index contributed by atoms with van der Waals surface area (Å²) in [5.41, 5.74) is 0.710. The van der Waals surface area contributed by atoms with E-state index in [1.807, 2.05) is 12.1 Å². The van der Waals surface area contributed by atoms with Crippen molar-refractivity contribution in [3.05, 3.63) is 23.8 Å². The van der Waals surface area contributed by atoms with E-state index in [1.165, 1.54) is 0 Å². The van der Waals surface area contributed by atoms with Gasteiger partial charge in [0.1, 0.15) is 0 Å². The molecule has 0 spiro atoms. The van der Waals surface area contributed by atoms with Crippen LogP contribution in [0.3, 0.4) is 0 Å². The van der Waals surface area contributed by atoms with E-state index < -0.39 is 0 Å². The Labute approximate surface area is 118 Å². The number of ether oxygens (including phenoxy) is 2. The molecule has 1 aromatic carbocycles. The molecule has 1 aromatic rings. The van der Waals surface area contributed by atoms with Crippen molar-refractivity contribution >= 4 is 5.78 Å². The first kappa shape index (κ1) is 13.4. The predicted molar refractivity (Wildman–Crippen MR) is 75.4 cm³/mol. The van der Waals surface area contributed by atoms with Crippen molar-refractivity contribution in [2.45, 2.75) is 12.8 Å². The maximum atomic E-state index is 12.2. The summed E-state index contributed by atoms with van der Waals surface area (Å²) in [5, 5.41) is 3.37. The fourth-order valence-corrected chi connectivity index (χ4v) is 2.60. The fraction of sp³-hybridized carbons (Fsp3) is 0.533. The molecule has 20 heavy (non-hydrogen) atoms. The van der Waals surface area contributed by atoms with Crippen molar-refractivity contribution < 1.29 is 14.3 Å². The standard InChI is InChI=1S/C15H20N2O3/c18-13(4-8-17-7-1-5-16-6-9-17)12-2-3-14-15(10-12)20-11-19-14/h2-3,10,16H,1,4-9,11H2. The second kappa shape index (κ2) is 6.24. The van der Waals surface area contributed by atoms with E-state index in [4.69, 9.17) is 9.47 Å². The Morgan fingerprint density at radius 3 is 3.05 bits per heavy atom. The molecule has 2 aliphatic heterocycles. The maximum Gasteiger partial charge on any atom is 0.231 e. The molecule has 0 unspecified atom stereocenters. The largest absolute Gasteiger partial charge is 0.454 e. The number of ketones is 1. The number of hydrogen-bond donors (Lipinski definition) is 1. The molecule has 1 fully saturated rings. The third-order valence-electron chi connectivity index (χ3n) is 3.78. The average Bonchev–Trinajstić information content (AvgIpc) is 2.78. The highest BCUT2D eigenvalue weighted by molar-refractivity contribution is 5.96. The predicted octanol–water partition coefficient (Wildman–Crippen LogP) is 1.28. The molecule has 0 radical (unpaired) electrons. The van der Waals surface area contributed by atoms with Crippen molar-refractivity contribution in [1.29, 1.82) is 0 Å². The number of carbonyl (C=O) groups excluding carboxylic acids is 1. The third-order valence-corrected chi connectivity index (χ3v) is 3.78. The van der Waals surface area contributed by atoms with Gasteiger partial charge in [0.05, 0.1) is 0 Å². The Morgan fingerprint density at radius 1 is 1.20 bits per heavy atom. The monoisotopic (exact) mass is 276 g/mol. The quantitative estimate of drug-likeness (QED) is 0.840. The van der Waals surface area contributed by atoms with E-state index in [2.05, 4.69) is 10.2 Å². The van der Waals surface area contributed by atoms with E-state index >= 15 is 0 Å². The van der Waals surface area contributed by atoms with Gasteiger partial charge in [-0.15, -0.1) is 0 Å². The lowest BCUT2D eigenvalue weighted by Gasteiger charge is -2.18. The highest BCUT2D eigenvalue weighted by Crippen LogP contribution is 2.32. The first-order valence-electron chi connectivity index (χ1n) is 7.19. The van der Waals surface area contributed by atoms with Crippen molar-refractivity contribution in [1.82, 2.24) is 10.2 Å². The minimum atomic E-state index is 0.167. The Bertz CT molecular complexity index is 482. The SMILES string of the molecule is O=C(CCN1CCCNCC1)c1ccc2c(c1)OCO2. The molecule has 5 heteroatoms. The normalized spacial score (nSPS) is 18.8. The van der Waals surface area contributed by atoms with Crippen molar-refractivity contribution in [2.24, 2.45) is 0 Å². The molecule has 0 aromatic heterocycles. The summed E-state index contributed by atoms with van der Waals surface area (Å²) in [6.07, 6.45) is 1.71. The minimum Gasteiger partial charge on any atom is -0.454 e. The highest BCUT2D eigenvalue weighted by Gasteiger charge is 2.17. The smallest absolute Gasteiger partial charge is 0.231 e. The van der Waals surface area contributed by atoms with Gasteiger partial charge in [-0.1, -0.05) is 0 Å². The van der Waals surface area contributed by atoms with Crippen LogP contribution < -0.4 is 14.8 Å². The fourth-order valence-electron chi connectivity index (χ4n) is 2.60. The molecule has 2 heterocycles. The van der Waals surface area contributed by atoms with Crippen LogP contribution in [-0.4, -0.2) is 50.2 Å². The first-order chi connectivity index (χ1) is 9.83. The summed E-state index contributed by atoms with van der Waals surface area (Å²) < 4.78 is 10.6. The zero-order valence-corrected chi connectivity index (χ0v) is 11.6. The van der Waals surface area contributed by atoms with Crippen LogP contribution in [0.4, 0.5) is 0 Å². The van der Waals surface area contributed by atoms with Gasteiger partial charge in [0, 0.05) is 31.6 Å². The molecule has 0 bridgehead atoms. The van der Waals surface area contributed by atoms with Crippen molar-refractivity contribution in [2.75, 3.05) is 39.5 Å². The van der Waals surface area contributed by atoms with E-state index in [0.29, 0.717) is 17.7 Å². The van der Waals surface area contributed by atoms with Gasteiger partial charge in [0.15, 0.2) is 17.3 Å². The number of Topliss-reactive ketones (excluding diaryl/α,β-unsaturated/α-hetero) is 1. The van der Waals surface area contributed by atoms with Gasteiger partial charge < -0.3 is 19.7 Å². The number of nitrogens with one attached hydrogen (secondary N) is 1. The number of hydrogen-bond acceptors (Lipinski definition) is 5. The number of benzene rings is 1. The Hall–Kier alpha value is -1.59. The first-order valence-corrected chi connectivity index (χ1v) is 7.19. The summed E-state index contributed by atoms with van der Waals surface area (Å²) in [7, 11) is 0. The number of carbonyl (C=O) groups is 1. The zero-order valence-electron chi connectivity index (χ0n) is 11.6. The van der Waals surface area contributed by atoms with Crippen molar-refractivity contribution in [3.8, 4) is 11.5 Å². The highest BCUT2D eigenvalue weighted by atomic mass is 16.7. The van der Waals surface area contributed by atoms with E-state index in [1.54, 1.807) is 6.07 Å². The summed E-state index contributed by atoms with van der Waals surface area (Å²) in [4.78, 5) is 14.6. The summed E-state index contributed by atoms with van der Waals surface area (Å²) in [6, 6.07) is 5.42. The average molecular weight is 276 g/mol. The lowest BCUT2D eigenvalue weighted by Crippen LogP contribution is -2.30. The molecule has 0 saturated carbocycles. The Balaban J connectivity index is 1.56. The van der Waals surface area contributed by atoms with E-state index in [9.17, 15) is 4.79 Å². The van der Waals surface area contributed by atoms with Gasteiger partial charge in [-0.05, 0) is 37.7 Å². The number of nitrogens with zero attached hydrogens (tertiary/aromatic N) is 1. The van der Waals surface area contributed by atoms with Crippen LogP contribution in [0.1, 0.15) is 23.2 Å². The molecule has 0 aliphatic carbocycles. The molecule has 0 atom stereocenters. The molecule has 0 amide bonds. The second-order valence-electron chi connectivity index (χ2n) is 5.19. The van der Waals surface area contributed by atoms with Crippen LogP contribution in [0.2, 0.25) is 0 Å². The molecular formula is C15H20N2O3. The van der Waals surface area contributed by atoms with Gasteiger partial charge in [-0.2, -0.15) is 0 Å². The lowest BCUT2D eigenvalue weighted by atomic mass is 10.1. The van der Waals surface area contributed by atoms with E-state index in [-0.39, 0.29) is 12.6 Å². The summed E-state index contributed by atoms with van der Waals surface area (Å²) >= 11 is 0. The van der Waals surface area contributed by atoms with Crippen LogP contribution in [0.25, 0.3) is 0 Å². The van der Waals surface area contributed by atoms with Crippen LogP contribution >= 0.6 is 0 Å². The van der Waals surface area contributed by atoms with Crippen LogP contribution in [0.15, 0.2) is 18.2 Å². The summed E-state index contributed by atoms with van der Waals surface area (Å²) in [5.74, 6) is 1.57. The molecule has 1 saturated heterocycles. The van der Waals surface area contributed by atoms with Gasteiger partial charge in [-0.3, -0.25) is 4.79 Å². The summed E-state index contributed by atoms with van der Waals surface area (Å²) in [6.45, 7) is 5.25. The van der Waals surface area contributed by atoms with Crippen LogP contribution in [0, 0.1) is 0 Å². The van der Waals surface area contributed by atoms with Crippen molar-refractivity contribution in [3.63, 3.8) is 0 Å². The molecule has 108 valence electrons. The molecule has 5 nitrogen and oxygen atoms in total. The lowest BCUT2D eigenvalue weighted by molar-refractivity contribution is 0.0965. The van der Waals surface area contributed by atoms with Gasteiger partial charge >= 0.3 is 0 Å². The molecule has 2 aliphatic rings. The van der Waals surface area contributed by atoms with Crippen LogP contribution in [0.5, 0.6) is 11.5 Å². The Morgan fingerprint density at radius 2 is 2.10 bits per heavy atom. The number of rotatable bonds is 4. The molecule has 1 N–H and O–H groups in total.